The number of carbonyl (C=O) groups is 1. The molecule has 0 aliphatic carbocycles. The third-order valence-corrected chi connectivity index (χ3v) is 5.99. The summed E-state index contributed by atoms with van der Waals surface area (Å²) in [5.74, 6) is 1.45. The van der Waals surface area contributed by atoms with Crippen molar-refractivity contribution in [3.05, 3.63) is 60.0 Å². The number of carbonyl (C=O) groups excluding carboxylic acids is 1. The van der Waals surface area contributed by atoms with Crippen molar-refractivity contribution in [2.24, 2.45) is 0 Å². The summed E-state index contributed by atoms with van der Waals surface area (Å²) in [5, 5.41) is 7.02. The van der Waals surface area contributed by atoms with Crippen molar-refractivity contribution in [3.63, 3.8) is 0 Å². The highest BCUT2D eigenvalue weighted by Crippen LogP contribution is 2.23. The highest BCUT2D eigenvalue weighted by molar-refractivity contribution is 5.91. The van der Waals surface area contributed by atoms with Crippen molar-refractivity contribution in [1.29, 1.82) is 0 Å². The Morgan fingerprint density at radius 3 is 2.34 bits per heavy atom. The van der Waals surface area contributed by atoms with Gasteiger partial charge < -0.3 is 14.7 Å². The van der Waals surface area contributed by atoms with Gasteiger partial charge in [-0.1, -0.05) is 56.1 Å². The molecule has 0 radical (unpaired) electrons. The lowest BCUT2D eigenvalue weighted by Gasteiger charge is -2.22. The molecule has 6 heteroatoms. The molecule has 1 fully saturated rings. The zero-order chi connectivity index (χ0) is 22.3. The summed E-state index contributed by atoms with van der Waals surface area (Å²) >= 11 is 0. The van der Waals surface area contributed by atoms with Gasteiger partial charge in [-0.05, 0) is 48.6 Å². The smallest absolute Gasteiger partial charge is 0.227 e. The molecule has 0 bridgehead atoms. The van der Waals surface area contributed by atoms with Gasteiger partial charge >= 0.3 is 0 Å². The molecule has 0 spiro atoms. The number of nitrogens with one attached hydrogen (secondary N) is 1. The van der Waals surface area contributed by atoms with E-state index in [1.807, 2.05) is 24.3 Å². The zero-order valence-corrected chi connectivity index (χ0v) is 19.0. The topological polar surface area (TPSA) is 71.3 Å². The molecule has 0 unspecified atom stereocenters. The van der Waals surface area contributed by atoms with E-state index >= 15 is 0 Å². The SMILES string of the molecule is CC(C)c1ccc(-c2noc(CCC(=O)Nc3ccc(N4CCCCCC4)cc3)n2)cc1. The van der Waals surface area contributed by atoms with Crippen LogP contribution in [0.1, 0.15) is 63.3 Å². The van der Waals surface area contributed by atoms with Crippen molar-refractivity contribution in [2.45, 2.75) is 58.3 Å². The Morgan fingerprint density at radius 2 is 1.69 bits per heavy atom. The standard InChI is InChI=1S/C26H32N4O2/c1-19(2)20-7-9-21(10-8-20)26-28-25(32-29-26)16-15-24(31)27-22-11-13-23(14-12-22)30-17-5-3-4-6-18-30/h7-14,19H,3-6,15-18H2,1-2H3,(H,27,31). The minimum Gasteiger partial charge on any atom is -0.372 e. The molecular weight excluding hydrogens is 400 g/mol. The Hall–Kier alpha value is -3.15. The van der Waals surface area contributed by atoms with Crippen molar-refractivity contribution in [2.75, 3.05) is 23.3 Å². The molecule has 32 heavy (non-hydrogen) atoms. The molecule has 1 aliphatic rings. The van der Waals surface area contributed by atoms with Gasteiger partial charge in [-0.3, -0.25) is 4.79 Å². The summed E-state index contributed by atoms with van der Waals surface area (Å²) in [6.07, 6.45) is 5.84. The van der Waals surface area contributed by atoms with Crippen LogP contribution in [0.4, 0.5) is 11.4 Å². The lowest BCUT2D eigenvalue weighted by molar-refractivity contribution is -0.116. The maximum Gasteiger partial charge on any atom is 0.227 e. The Balaban J connectivity index is 1.28. The highest BCUT2D eigenvalue weighted by Gasteiger charge is 2.13. The van der Waals surface area contributed by atoms with E-state index in [1.54, 1.807) is 0 Å². The monoisotopic (exact) mass is 432 g/mol. The van der Waals surface area contributed by atoms with Crippen LogP contribution >= 0.6 is 0 Å². The van der Waals surface area contributed by atoms with Gasteiger partial charge in [0.1, 0.15) is 0 Å². The quantitative estimate of drug-likeness (QED) is 0.510. The number of aryl methyl sites for hydroxylation is 1. The first-order valence-electron chi connectivity index (χ1n) is 11.7. The van der Waals surface area contributed by atoms with Crippen molar-refractivity contribution in [1.82, 2.24) is 10.1 Å². The van der Waals surface area contributed by atoms with E-state index in [1.165, 1.54) is 36.9 Å². The Morgan fingerprint density at radius 1 is 1.00 bits per heavy atom. The first-order valence-corrected chi connectivity index (χ1v) is 11.7. The minimum atomic E-state index is -0.0615. The molecule has 1 amide bonds. The summed E-state index contributed by atoms with van der Waals surface area (Å²) in [7, 11) is 0. The fraction of sp³-hybridized carbons (Fsp3) is 0.423. The van der Waals surface area contributed by atoms with Crippen LogP contribution in [0, 0.1) is 0 Å². The van der Waals surface area contributed by atoms with E-state index < -0.39 is 0 Å². The molecule has 1 N–H and O–H groups in total. The molecule has 2 heterocycles. The summed E-state index contributed by atoms with van der Waals surface area (Å²) in [5.41, 5.74) is 4.22. The average molecular weight is 433 g/mol. The molecule has 4 rings (SSSR count). The summed E-state index contributed by atoms with van der Waals surface area (Å²) < 4.78 is 5.34. The summed E-state index contributed by atoms with van der Waals surface area (Å²) in [6, 6.07) is 16.3. The van der Waals surface area contributed by atoms with Gasteiger partial charge in [-0.2, -0.15) is 4.98 Å². The van der Waals surface area contributed by atoms with Crippen LogP contribution < -0.4 is 10.2 Å². The van der Waals surface area contributed by atoms with E-state index in [-0.39, 0.29) is 5.91 Å². The lowest BCUT2D eigenvalue weighted by Crippen LogP contribution is -2.23. The summed E-state index contributed by atoms with van der Waals surface area (Å²) in [4.78, 5) is 19.3. The normalized spacial score (nSPS) is 14.4. The maximum atomic E-state index is 12.4. The maximum absolute atomic E-state index is 12.4. The van der Waals surface area contributed by atoms with Crippen LogP contribution in [0.25, 0.3) is 11.4 Å². The second kappa shape index (κ2) is 10.4. The number of hydrogen-bond acceptors (Lipinski definition) is 5. The van der Waals surface area contributed by atoms with Crippen molar-refractivity contribution < 1.29 is 9.32 Å². The molecule has 1 saturated heterocycles. The van der Waals surface area contributed by atoms with Crippen LogP contribution in [0.5, 0.6) is 0 Å². The van der Waals surface area contributed by atoms with Crippen molar-refractivity contribution >= 4 is 17.3 Å². The molecule has 1 aromatic heterocycles. The van der Waals surface area contributed by atoms with Crippen LogP contribution in [0.15, 0.2) is 53.1 Å². The van der Waals surface area contributed by atoms with E-state index in [9.17, 15) is 4.79 Å². The zero-order valence-electron chi connectivity index (χ0n) is 19.0. The third-order valence-electron chi connectivity index (χ3n) is 5.99. The van der Waals surface area contributed by atoms with Crippen LogP contribution in [0.3, 0.4) is 0 Å². The number of rotatable bonds is 7. The van der Waals surface area contributed by atoms with Gasteiger partial charge in [0.05, 0.1) is 0 Å². The second-order valence-corrected chi connectivity index (χ2v) is 8.78. The number of hydrogen-bond donors (Lipinski definition) is 1. The van der Waals surface area contributed by atoms with E-state index in [2.05, 4.69) is 58.5 Å². The summed E-state index contributed by atoms with van der Waals surface area (Å²) in [6.45, 7) is 6.55. The van der Waals surface area contributed by atoms with Crippen LogP contribution in [-0.4, -0.2) is 29.1 Å². The fourth-order valence-corrected chi connectivity index (χ4v) is 4.02. The Labute approximate surface area is 190 Å². The highest BCUT2D eigenvalue weighted by atomic mass is 16.5. The fourth-order valence-electron chi connectivity index (χ4n) is 4.02. The molecule has 0 atom stereocenters. The number of benzene rings is 2. The molecule has 0 saturated carbocycles. The molecule has 3 aromatic rings. The molecule has 168 valence electrons. The molecular formula is C26H32N4O2. The minimum absolute atomic E-state index is 0.0615. The number of anilines is 2. The first kappa shape index (κ1) is 22.1. The number of aromatic nitrogens is 2. The molecule has 1 aliphatic heterocycles. The third kappa shape index (κ3) is 5.75. The number of nitrogens with zero attached hydrogens (tertiary/aromatic N) is 3. The van der Waals surface area contributed by atoms with Gasteiger partial charge in [0, 0.05) is 42.9 Å². The largest absolute Gasteiger partial charge is 0.372 e. The second-order valence-electron chi connectivity index (χ2n) is 8.78. The van der Waals surface area contributed by atoms with E-state index in [0.29, 0.717) is 30.5 Å². The predicted molar refractivity (Wildman–Crippen MR) is 128 cm³/mol. The molecule has 2 aromatic carbocycles. The van der Waals surface area contributed by atoms with Gasteiger partial charge in [0.25, 0.3) is 0 Å². The lowest BCUT2D eigenvalue weighted by atomic mass is 10.0. The van der Waals surface area contributed by atoms with E-state index in [4.69, 9.17) is 4.52 Å². The van der Waals surface area contributed by atoms with Crippen molar-refractivity contribution in [3.8, 4) is 11.4 Å². The van der Waals surface area contributed by atoms with Gasteiger partial charge in [-0.25, -0.2) is 0 Å². The van der Waals surface area contributed by atoms with Gasteiger partial charge in [-0.15, -0.1) is 0 Å². The van der Waals surface area contributed by atoms with Crippen LogP contribution in [-0.2, 0) is 11.2 Å². The first-order chi connectivity index (χ1) is 15.6. The Bertz CT molecular complexity index is 1000. The molecule has 6 nitrogen and oxygen atoms in total. The van der Waals surface area contributed by atoms with Gasteiger partial charge in [0.15, 0.2) is 0 Å². The van der Waals surface area contributed by atoms with E-state index in [0.717, 1.165) is 24.3 Å². The van der Waals surface area contributed by atoms with Gasteiger partial charge in [0.2, 0.25) is 17.6 Å². The Kier molecular flexibility index (Phi) is 7.20. The average Bonchev–Trinajstić information content (AvgIpc) is 3.12. The van der Waals surface area contributed by atoms with Crippen LogP contribution in [0.2, 0.25) is 0 Å². The number of amides is 1. The predicted octanol–water partition coefficient (Wildman–Crippen LogP) is 5.81.